The zero-order valence-electron chi connectivity index (χ0n) is 14.9. The summed E-state index contributed by atoms with van der Waals surface area (Å²) < 4.78 is 1.42. The van der Waals surface area contributed by atoms with Gasteiger partial charge in [0.2, 0.25) is 0 Å². The fraction of sp³-hybridized carbons (Fsp3) is 0.222. The Kier molecular flexibility index (Phi) is 5.20. The molecule has 2 heterocycles. The first-order valence-electron chi connectivity index (χ1n) is 8.30. The summed E-state index contributed by atoms with van der Waals surface area (Å²) in [5, 5.41) is 18.9. The van der Waals surface area contributed by atoms with Crippen LogP contribution >= 0.6 is 0 Å². The van der Waals surface area contributed by atoms with Crippen LogP contribution in [0.25, 0.3) is 5.69 Å². The largest absolute Gasteiger partial charge is 0.340 e. The van der Waals surface area contributed by atoms with Gasteiger partial charge >= 0.3 is 0 Å². The first kappa shape index (κ1) is 18.2. The van der Waals surface area contributed by atoms with Crippen molar-refractivity contribution in [3.05, 3.63) is 75.9 Å². The summed E-state index contributed by atoms with van der Waals surface area (Å²) in [4.78, 5) is 29.0. The summed E-state index contributed by atoms with van der Waals surface area (Å²) in [5.41, 5.74) is 2.05. The maximum Gasteiger partial charge on any atom is 0.276 e. The zero-order valence-corrected chi connectivity index (χ0v) is 14.9. The first-order valence-corrected chi connectivity index (χ1v) is 8.30. The number of carbonyl (C=O) groups is 1. The van der Waals surface area contributed by atoms with E-state index < -0.39 is 4.92 Å². The fourth-order valence-corrected chi connectivity index (χ4v) is 2.62. The third-order valence-electron chi connectivity index (χ3n) is 4.16. The molecule has 9 nitrogen and oxygen atoms in total. The van der Waals surface area contributed by atoms with Crippen molar-refractivity contribution >= 4 is 11.6 Å². The van der Waals surface area contributed by atoms with Crippen LogP contribution in [0.3, 0.4) is 0 Å². The monoisotopic (exact) mass is 366 g/mol. The highest BCUT2D eigenvalue weighted by atomic mass is 16.6. The third kappa shape index (κ3) is 3.97. The van der Waals surface area contributed by atoms with Gasteiger partial charge in [-0.1, -0.05) is 17.3 Å². The number of rotatable bonds is 6. The molecule has 0 saturated heterocycles. The van der Waals surface area contributed by atoms with Gasteiger partial charge in [0.1, 0.15) is 0 Å². The molecule has 0 N–H and O–H groups in total. The molecule has 0 fully saturated rings. The number of nitro benzene ring substituents is 1. The van der Waals surface area contributed by atoms with Gasteiger partial charge in [0.15, 0.2) is 5.69 Å². The second-order valence-electron chi connectivity index (χ2n) is 6.01. The molecule has 0 aliphatic carbocycles. The Balaban J connectivity index is 1.77. The van der Waals surface area contributed by atoms with Crippen LogP contribution in [0.1, 0.15) is 21.9 Å². The Bertz CT molecular complexity index is 970. The van der Waals surface area contributed by atoms with Crippen LogP contribution in [0.4, 0.5) is 5.69 Å². The normalized spacial score (nSPS) is 10.6. The minimum Gasteiger partial charge on any atom is -0.340 e. The van der Waals surface area contributed by atoms with E-state index in [2.05, 4.69) is 15.3 Å². The van der Waals surface area contributed by atoms with Gasteiger partial charge < -0.3 is 4.90 Å². The van der Waals surface area contributed by atoms with Gasteiger partial charge in [-0.25, -0.2) is 4.68 Å². The van der Waals surface area contributed by atoms with E-state index in [0.717, 1.165) is 5.69 Å². The van der Waals surface area contributed by atoms with Crippen molar-refractivity contribution in [2.75, 3.05) is 13.6 Å². The average molecular weight is 366 g/mol. The van der Waals surface area contributed by atoms with Gasteiger partial charge in [0, 0.05) is 44.0 Å². The van der Waals surface area contributed by atoms with Crippen molar-refractivity contribution in [2.24, 2.45) is 0 Å². The SMILES string of the molecule is Cc1c(C(=O)N(C)CCc2ccccn2)nnn1-c1cccc([N+](=O)[O-])c1. The Morgan fingerprint density at radius 2 is 2.07 bits per heavy atom. The van der Waals surface area contributed by atoms with Crippen molar-refractivity contribution in [1.82, 2.24) is 24.9 Å². The van der Waals surface area contributed by atoms with E-state index in [1.807, 2.05) is 18.2 Å². The van der Waals surface area contributed by atoms with E-state index in [9.17, 15) is 14.9 Å². The number of carbonyl (C=O) groups excluding carboxylic acids is 1. The van der Waals surface area contributed by atoms with Crippen molar-refractivity contribution in [3.8, 4) is 5.69 Å². The molecule has 0 spiro atoms. The molecule has 0 aliphatic heterocycles. The number of likely N-dealkylation sites (N-methyl/N-ethyl adjacent to an activating group) is 1. The maximum absolute atomic E-state index is 12.7. The van der Waals surface area contributed by atoms with Crippen molar-refractivity contribution in [1.29, 1.82) is 0 Å². The summed E-state index contributed by atoms with van der Waals surface area (Å²) >= 11 is 0. The topological polar surface area (TPSA) is 107 Å². The molecule has 3 aromatic rings. The summed E-state index contributed by atoms with van der Waals surface area (Å²) in [6.07, 6.45) is 2.34. The van der Waals surface area contributed by atoms with Gasteiger partial charge in [0.05, 0.1) is 16.3 Å². The molecule has 27 heavy (non-hydrogen) atoms. The highest BCUT2D eigenvalue weighted by Gasteiger charge is 2.21. The minimum absolute atomic E-state index is 0.0530. The van der Waals surface area contributed by atoms with E-state index in [1.54, 1.807) is 37.2 Å². The average Bonchev–Trinajstić information content (AvgIpc) is 3.07. The van der Waals surface area contributed by atoms with Crippen LogP contribution in [0.2, 0.25) is 0 Å². The van der Waals surface area contributed by atoms with Crippen molar-refractivity contribution < 1.29 is 9.72 Å². The number of hydrogen-bond donors (Lipinski definition) is 0. The van der Waals surface area contributed by atoms with Crippen LogP contribution in [0.15, 0.2) is 48.7 Å². The van der Waals surface area contributed by atoms with Gasteiger partial charge in [-0.15, -0.1) is 5.10 Å². The lowest BCUT2D eigenvalue weighted by Gasteiger charge is -2.15. The molecule has 0 aliphatic rings. The first-order chi connectivity index (χ1) is 13.0. The Labute approximate surface area is 155 Å². The van der Waals surface area contributed by atoms with Gasteiger partial charge in [-0.2, -0.15) is 0 Å². The smallest absolute Gasteiger partial charge is 0.276 e. The number of nitrogens with zero attached hydrogens (tertiary/aromatic N) is 6. The summed E-state index contributed by atoms with van der Waals surface area (Å²) in [7, 11) is 1.69. The minimum atomic E-state index is -0.479. The van der Waals surface area contributed by atoms with Crippen LogP contribution in [-0.4, -0.2) is 49.3 Å². The molecule has 0 bridgehead atoms. The van der Waals surface area contributed by atoms with E-state index >= 15 is 0 Å². The molecule has 1 amide bonds. The molecular weight excluding hydrogens is 348 g/mol. The van der Waals surface area contributed by atoms with Crippen LogP contribution < -0.4 is 0 Å². The Hall–Kier alpha value is -3.62. The number of nitro groups is 1. The molecule has 9 heteroatoms. The molecule has 0 saturated carbocycles. The van der Waals surface area contributed by atoms with Crippen LogP contribution in [-0.2, 0) is 6.42 Å². The number of aromatic nitrogens is 4. The number of pyridine rings is 1. The molecule has 2 aromatic heterocycles. The number of hydrogen-bond acceptors (Lipinski definition) is 6. The quantitative estimate of drug-likeness (QED) is 0.489. The second kappa shape index (κ2) is 7.73. The molecule has 0 atom stereocenters. The number of amides is 1. The predicted octanol–water partition coefficient (Wildman–Crippen LogP) is 2.19. The van der Waals surface area contributed by atoms with Gasteiger partial charge in [-0.3, -0.25) is 19.9 Å². The lowest BCUT2D eigenvalue weighted by atomic mass is 10.2. The molecule has 138 valence electrons. The lowest BCUT2D eigenvalue weighted by molar-refractivity contribution is -0.384. The van der Waals surface area contributed by atoms with E-state index in [4.69, 9.17) is 0 Å². The van der Waals surface area contributed by atoms with E-state index in [1.165, 1.54) is 16.8 Å². The highest BCUT2D eigenvalue weighted by molar-refractivity contribution is 5.93. The van der Waals surface area contributed by atoms with Crippen LogP contribution in [0, 0.1) is 17.0 Å². The second-order valence-corrected chi connectivity index (χ2v) is 6.01. The lowest BCUT2D eigenvalue weighted by Crippen LogP contribution is -2.30. The van der Waals surface area contributed by atoms with E-state index in [-0.39, 0.29) is 17.3 Å². The Morgan fingerprint density at radius 1 is 1.26 bits per heavy atom. The maximum atomic E-state index is 12.7. The van der Waals surface area contributed by atoms with Crippen LogP contribution in [0.5, 0.6) is 0 Å². The molecule has 0 radical (unpaired) electrons. The summed E-state index contributed by atoms with van der Waals surface area (Å²) in [5.74, 6) is -0.264. The van der Waals surface area contributed by atoms with E-state index in [0.29, 0.717) is 24.3 Å². The predicted molar refractivity (Wildman–Crippen MR) is 97.7 cm³/mol. The van der Waals surface area contributed by atoms with Gasteiger partial charge in [0.25, 0.3) is 11.6 Å². The highest BCUT2D eigenvalue weighted by Crippen LogP contribution is 2.18. The van der Waals surface area contributed by atoms with Crippen molar-refractivity contribution in [2.45, 2.75) is 13.3 Å². The fourth-order valence-electron chi connectivity index (χ4n) is 2.62. The molecule has 1 aromatic carbocycles. The van der Waals surface area contributed by atoms with Gasteiger partial charge in [-0.05, 0) is 25.1 Å². The molecular formula is C18H18N6O3. The summed E-state index contributed by atoms with van der Waals surface area (Å²) in [6.45, 7) is 2.19. The molecule has 3 rings (SSSR count). The van der Waals surface area contributed by atoms with Crippen molar-refractivity contribution in [3.63, 3.8) is 0 Å². The Morgan fingerprint density at radius 3 is 2.78 bits per heavy atom. The number of benzene rings is 1. The summed E-state index contributed by atoms with van der Waals surface area (Å²) in [6, 6.07) is 11.7. The number of non-ortho nitro benzene ring substituents is 1. The third-order valence-corrected chi connectivity index (χ3v) is 4.16. The zero-order chi connectivity index (χ0) is 19.4. The standard InChI is InChI=1S/C18H18N6O3/c1-13-17(18(25)22(2)11-9-14-6-3-4-10-19-14)20-21-23(13)15-7-5-8-16(12-15)24(26)27/h3-8,10,12H,9,11H2,1-2H3. The molecule has 0 unspecified atom stereocenters.